The summed E-state index contributed by atoms with van der Waals surface area (Å²) < 4.78 is 10.5. The first kappa shape index (κ1) is 23.9. The number of anilines is 1. The van der Waals surface area contributed by atoms with Crippen molar-refractivity contribution in [2.24, 2.45) is 0 Å². The number of hydrogen-bond donors (Lipinski definition) is 2. The average molecular weight is 472 g/mol. The quantitative estimate of drug-likeness (QED) is 0.364. The van der Waals surface area contributed by atoms with Crippen LogP contribution in [0.3, 0.4) is 0 Å². The highest BCUT2D eigenvalue weighted by Crippen LogP contribution is 2.32. The van der Waals surface area contributed by atoms with Gasteiger partial charge in [-0.25, -0.2) is 0 Å². The van der Waals surface area contributed by atoms with Gasteiger partial charge in [-0.15, -0.1) is 0 Å². The van der Waals surface area contributed by atoms with Gasteiger partial charge < -0.3 is 24.7 Å². The molecule has 0 unspecified atom stereocenters. The number of ether oxygens (including phenoxy) is 2. The predicted molar refractivity (Wildman–Crippen MR) is 138 cm³/mol. The smallest absolute Gasteiger partial charge is 0.243 e. The van der Waals surface area contributed by atoms with E-state index in [0.717, 1.165) is 33.5 Å². The van der Waals surface area contributed by atoms with Crippen molar-refractivity contribution in [2.75, 3.05) is 33.1 Å². The lowest BCUT2D eigenvalue weighted by Gasteiger charge is -2.17. The number of benzene rings is 3. The molecular formula is C28H29N3O4. The summed E-state index contributed by atoms with van der Waals surface area (Å²) >= 11 is 0. The van der Waals surface area contributed by atoms with Crippen molar-refractivity contribution in [3.63, 3.8) is 0 Å². The van der Waals surface area contributed by atoms with E-state index in [1.54, 1.807) is 45.5 Å². The number of aromatic nitrogens is 1. The van der Waals surface area contributed by atoms with Crippen molar-refractivity contribution >= 4 is 28.4 Å². The number of hydrogen-bond acceptors (Lipinski definition) is 4. The minimum absolute atomic E-state index is 0.0325. The fraction of sp³-hybridized carbons (Fsp3) is 0.214. The predicted octanol–water partition coefficient (Wildman–Crippen LogP) is 4.88. The molecule has 2 amide bonds. The Hall–Kier alpha value is -4.26. The number of amides is 2. The van der Waals surface area contributed by atoms with E-state index >= 15 is 0 Å². The summed E-state index contributed by atoms with van der Waals surface area (Å²) in [4.78, 5) is 30.3. The third-order valence-corrected chi connectivity index (χ3v) is 5.94. The molecule has 0 bridgehead atoms. The van der Waals surface area contributed by atoms with Gasteiger partial charge >= 0.3 is 0 Å². The molecule has 4 rings (SSSR count). The van der Waals surface area contributed by atoms with Gasteiger partial charge in [-0.2, -0.15) is 0 Å². The molecule has 0 radical (unpaired) electrons. The van der Waals surface area contributed by atoms with Crippen LogP contribution in [0, 0.1) is 0 Å². The van der Waals surface area contributed by atoms with Gasteiger partial charge in [-0.05, 0) is 60.0 Å². The van der Waals surface area contributed by atoms with Gasteiger partial charge in [0.1, 0.15) is 11.5 Å². The van der Waals surface area contributed by atoms with E-state index in [1.165, 1.54) is 4.90 Å². The molecule has 0 fully saturated rings. The molecular weight excluding hydrogens is 442 g/mol. The molecule has 0 saturated heterocycles. The fourth-order valence-corrected chi connectivity index (χ4v) is 4.09. The number of aromatic amines is 1. The Morgan fingerprint density at radius 3 is 2.40 bits per heavy atom. The third-order valence-electron chi connectivity index (χ3n) is 5.94. The molecule has 7 heteroatoms. The van der Waals surface area contributed by atoms with E-state index in [2.05, 4.69) is 16.4 Å². The van der Waals surface area contributed by atoms with Crippen molar-refractivity contribution in [3.8, 4) is 22.8 Å². The molecule has 7 nitrogen and oxygen atoms in total. The number of para-hydroxylation sites is 1. The maximum absolute atomic E-state index is 12.9. The zero-order chi connectivity index (χ0) is 24.8. The van der Waals surface area contributed by atoms with Crippen molar-refractivity contribution in [2.45, 2.75) is 12.8 Å². The van der Waals surface area contributed by atoms with E-state index in [1.807, 2.05) is 42.5 Å². The van der Waals surface area contributed by atoms with Crippen LogP contribution >= 0.6 is 0 Å². The highest BCUT2D eigenvalue weighted by atomic mass is 16.5. The molecule has 1 heterocycles. The minimum Gasteiger partial charge on any atom is -0.497 e. The van der Waals surface area contributed by atoms with Crippen LogP contribution in [0.15, 0.2) is 72.8 Å². The Morgan fingerprint density at radius 2 is 1.66 bits per heavy atom. The van der Waals surface area contributed by atoms with Gasteiger partial charge in [-0.1, -0.05) is 24.3 Å². The Kier molecular flexibility index (Phi) is 7.35. The summed E-state index contributed by atoms with van der Waals surface area (Å²) in [5.74, 6) is 1.07. The molecule has 35 heavy (non-hydrogen) atoms. The Balaban J connectivity index is 1.44. The minimum atomic E-state index is -0.264. The fourth-order valence-electron chi connectivity index (χ4n) is 4.09. The average Bonchev–Trinajstić information content (AvgIpc) is 3.25. The van der Waals surface area contributed by atoms with E-state index in [9.17, 15) is 9.59 Å². The maximum atomic E-state index is 12.9. The lowest BCUT2D eigenvalue weighted by molar-refractivity contribution is -0.133. The number of nitrogens with one attached hydrogen (secondary N) is 2. The molecule has 0 spiro atoms. The Labute approximate surface area is 204 Å². The van der Waals surface area contributed by atoms with Gasteiger partial charge in [-0.3, -0.25) is 9.59 Å². The number of fused-ring (bicyclic) bond motifs is 1. The SMILES string of the molecule is COc1ccc(-c2[nH]c3ccccc3c2CCC(=O)N(C)CC(=O)Nc2cccc(OC)c2)cc1. The number of likely N-dealkylation sites (N-methyl/N-ethyl adjacent to an activating group) is 1. The second-order valence-corrected chi connectivity index (χ2v) is 8.28. The van der Waals surface area contributed by atoms with Crippen LogP contribution in [0.25, 0.3) is 22.2 Å². The zero-order valence-corrected chi connectivity index (χ0v) is 20.1. The summed E-state index contributed by atoms with van der Waals surface area (Å²) in [6.45, 7) is -0.0325. The first-order chi connectivity index (χ1) is 17.0. The molecule has 4 aromatic rings. The second-order valence-electron chi connectivity index (χ2n) is 8.28. The van der Waals surface area contributed by atoms with Crippen LogP contribution in [0.2, 0.25) is 0 Å². The molecule has 1 aromatic heterocycles. The van der Waals surface area contributed by atoms with Crippen LogP contribution in [0.4, 0.5) is 5.69 Å². The normalized spacial score (nSPS) is 10.7. The summed E-state index contributed by atoms with van der Waals surface area (Å²) in [6.07, 6.45) is 0.833. The van der Waals surface area contributed by atoms with Crippen LogP contribution in [-0.2, 0) is 16.0 Å². The molecule has 3 aromatic carbocycles. The summed E-state index contributed by atoms with van der Waals surface area (Å²) in [6, 6.07) is 23.0. The molecule has 0 aliphatic heterocycles. The lowest BCUT2D eigenvalue weighted by Crippen LogP contribution is -2.35. The van der Waals surface area contributed by atoms with Gasteiger partial charge in [0, 0.05) is 41.8 Å². The van der Waals surface area contributed by atoms with Crippen LogP contribution < -0.4 is 14.8 Å². The topological polar surface area (TPSA) is 83.7 Å². The number of nitrogens with zero attached hydrogens (tertiary/aromatic N) is 1. The van der Waals surface area contributed by atoms with Crippen LogP contribution in [0.1, 0.15) is 12.0 Å². The summed E-state index contributed by atoms with van der Waals surface area (Å²) in [5, 5.41) is 3.90. The molecule has 0 aliphatic rings. The highest BCUT2D eigenvalue weighted by molar-refractivity contribution is 5.95. The first-order valence-corrected chi connectivity index (χ1v) is 11.4. The van der Waals surface area contributed by atoms with E-state index in [4.69, 9.17) is 9.47 Å². The van der Waals surface area contributed by atoms with Gasteiger partial charge in [0.25, 0.3) is 0 Å². The van der Waals surface area contributed by atoms with Crippen molar-refractivity contribution in [1.82, 2.24) is 9.88 Å². The number of rotatable bonds is 9. The highest BCUT2D eigenvalue weighted by Gasteiger charge is 2.18. The summed E-state index contributed by atoms with van der Waals surface area (Å²) in [7, 11) is 4.86. The third kappa shape index (κ3) is 5.63. The first-order valence-electron chi connectivity index (χ1n) is 11.4. The number of carbonyl (C=O) groups is 2. The number of H-pyrrole nitrogens is 1. The Bertz CT molecular complexity index is 1330. The number of aryl methyl sites for hydroxylation is 1. The number of methoxy groups -OCH3 is 2. The van der Waals surface area contributed by atoms with E-state index < -0.39 is 0 Å². The molecule has 0 atom stereocenters. The zero-order valence-electron chi connectivity index (χ0n) is 20.1. The molecule has 2 N–H and O–H groups in total. The second kappa shape index (κ2) is 10.8. The van der Waals surface area contributed by atoms with Gasteiger partial charge in [0.15, 0.2) is 0 Å². The van der Waals surface area contributed by atoms with Gasteiger partial charge in [0.2, 0.25) is 11.8 Å². The van der Waals surface area contributed by atoms with Crippen molar-refractivity contribution in [1.29, 1.82) is 0 Å². The van der Waals surface area contributed by atoms with Crippen LogP contribution in [0.5, 0.6) is 11.5 Å². The largest absolute Gasteiger partial charge is 0.497 e. The van der Waals surface area contributed by atoms with Crippen molar-refractivity contribution < 1.29 is 19.1 Å². The summed E-state index contributed by atoms with van der Waals surface area (Å²) in [5.41, 5.74) is 4.73. The maximum Gasteiger partial charge on any atom is 0.243 e. The molecule has 0 aliphatic carbocycles. The lowest BCUT2D eigenvalue weighted by atomic mass is 10.0. The van der Waals surface area contributed by atoms with E-state index in [-0.39, 0.29) is 24.8 Å². The molecule has 0 saturated carbocycles. The monoisotopic (exact) mass is 471 g/mol. The van der Waals surface area contributed by atoms with Gasteiger partial charge in [0.05, 0.1) is 20.8 Å². The van der Waals surface area contributed by atoms with Crippen LogP contribution in [-0.4, -0.2) is 49.5 Å². The molecule has 180 valence electrons. The van der Waals surface area contributed by atoms with Crippen molar-refractivity contribution in [3.05, 3.63) is 78.4 Å². The standard InChI is InChI=1S/C28H29N3O4/c1-31(18-26(32)29-20-7-6-8-22(17-20)35-3)27(33)16-15-24-23-9-4-5-10-25(23)30-28(24)19-11-13-21(34-2)14-12-19/h4-14,17,30H,15-16,18H2,1-3H3,(H,29,32). The van der Waals surface area contributed by atoms with E-state index in [0.29, 0.717) is 17.9 Å². The Morgan fingerprint density at radius 1 is 0.914 bits per heavy atom. The number of carbonyl (C=O) groups excluding carboxylic acids is 2.